The van der Waals surface area contributed by atoms with Crippen molar-refractivity contribution in [2.75, 3.05) is 13.1 Å². The molecule has 0 bridgehead atoms. The molecular weight excluding hydrogens is 215 g/mol. The highest BCUT2D eigenvalue weighted by atomic mass is 16.5. The molecule has 4 heteroatoms. The van der Waals surface area contributed by atoms with Crippen molar-refractivity contribution in [3.8, 4) is 0 Å². The first-order chi connectivity index (χ1) is 8.27. The maximum absolute atomic E-state index is 8.54. The van der Waals surface area contributed by atoms with Crippen molar-refractivity contribution in [3.63, 3.8) is 0 Å². The first-order valence-electron chi connectivity index (χ1n) is 7.21. The SMILES string of the molecule is CCCCCCCCCCCCOCB(O)O. The minimum Gasteiger partial charge on any atom is -0.426 e. The molecule has 17 heavy (non-hydrogen) atoms. The maximum atomic E-state index is 8.54. The molecule has 0 heterocycles. The first-order valence-corrected chi connectivity index (χ1v) is 7.21. The van der Waals surface area contributed by atoms with Crippen LogP contribution < -0.4 is 0 Å². The van der Waals surface area contributed by atoms with E-state index in [1.165, 1.54) is 57.8 Å². The Morgan fingerprint density at radius 3 is 1.71 bits per heavy atom. The number of hydrogen-bond acceptors (Lipinski definition) is 3. The summed E-state index contributed by atoms with van der Waals surface area (Å²) in [7, 11) is -1.32. The predicted molar refractivity (Wildman–Crippen MR) is 72.9 cm³/mol. The van der Waals surface area contributed by atoms with Crippen LogP contribution in [0.4, 0.5) is 0 Å². The monoisotopic (exact) mass is 244 g/mol. The molecule has 0 fully saturated rings. The maximum Gasteiger partial charge on any atom is 0.479 e. The van der Waals surface area contributed by atoms with Crippen LogP contribution >= 0.6 is 0 Å². The molecule has 0 aliphatic rings. The van der Waals surface area contributed by atoms with E-state index in [-0.39, 0.29) is 6.51 Å². The lowest BCUT2D eigenvalue weighted by Gasteiger charge is -2.03. The zero-order valence-electron chi connectivity index (χ0n) is 11.4. The zero-order valence-corrected chi connectivity index (χ0v) is 11.4. The van der Waals surface area contributed by atoms with Gasteiger partial charge in [-0.05, 0) is 6.42 Å². The molecule has 0 radical (unpaired) electrons. The van der Waals surface area contributed by atoms with E-state index in [1.807, 2.05) is 0 Å². The minimum absolute atomic E-state index is 0.0391. The van der Waals surface area contributed by atoms with Gasteiger partial charge in [0.1, 0.15) is 0 Å². The van der Waals surface area contributed by atoms with Crippen molar-refractivity contribution in [1.29, 1.82) is 0 Å². The Morgan fingerprint density at radius 2 is 1.24 bits per heavy atom. The summed E-state index contributed by atoms with van der Waals surface area (Å²) >= 11 is 0. The van der Waals surface area contributed by atoms with Gasteiger partial charge < -0.3 is 14.8 Å². The van der Waals surface area contributed by atoms with Gasteiger partial charge in [0.05, 0.1) is 6.51 Å². The van der Waals surface area contributed by atoms with E-state index in [0.717, 1.165) is 6.42 Å². The molecule has 3 nitrogen and oxygen atoms in total. The van der Waals surface area contributed by atoms with E-state index in [9.17, 15) is 0 Å². The van der Waals surface area contributed by atoms with Gasteiger partial charge in [0, 0.05) is 6.61 Å². The van der Waals surface area contributed by atoms with Gasteiger partial charge >= 0.3 is 7.12 Å². The standard InChI is InChI=1S/C13H29BO3/c1-2-3-4-5-6-7-8-9-10-11-12-17-13-14(15)16/h15-16H,2-13H2,1H3. The van der Waals surface area contributed by atoms with Gasteiger partial charge in [-0.1, -0.05) is 64.7 Å². The molecule has 0 aromatic rings. The van der Waals surface area contributed by atoms with E-state index in [2.05, 4.69) is 6.92 Å². The molecule has 0 rings (SSSR count). The molecule has 0 saturated carbocycles. The quantitative estimate of drug-likeness (QED) is 0.387. The topological polar surface area (TPSA) is 49.7 Å². The van der Waals surface area contributed by atoms with Crippen LogP contribution in [0.1, 0.15) is 71.1 Å². The Kier molecular flexibility index (Phi) is 14.0. The predicted octanol–water partition coefficient (Wildman–Crippen LogP) is 2.94. The fourth-order valence-electron chi connectivity index (χ4n) is 1.88. The second-order valence-corrected chi connectivity index (χ2v) is 4.74. The Bertz CT molecular complexity index is 143. The number of hydrogen-bond donors (Lipinski definition) is 2. The van der Waals surface area contributed by atoms with E-state index in [1.54, 1.807) is 0 Å². The Morgan fingerprint density at radius 1 is 0.765 bits per heavy atom. The van der Waals surface area contributed by atoms with Crippen molar-refractivity contribution < 1.29 is 14.8 Å². The van der Waals surface area contributed by atoms with Crippen LogP contribution in [0.3, 0.4) is 0 Å². The van der Waals surface area contributed by atoms with Crippen molar-refractivity contribution >= 4 is 7.12 Å². The van der Waals surface area contributed by atoms with E-state index in [0.29, 0.717) is 6.61 Å². The molecule has 0 aliphatic heterocycles. The third-order valence-electron chi connectivity index (χ3n) is 2.91. The minimum atomic E-state index is -1.32. The molecule has 2 N–H and O–H groups in total. The van der Waals surface area contributed by atoms with Gasteiger partial charge in [-0.3, -0.25) is 0 Å². The van der Waals surface area contributed by atoms with E-state index >= 15 is 0 Å². The van der Waals surface area contributed by atoms with Crippen LogP contribution in [0.5, 0.6) is 0 Å². The van der Waals surface area contributed by atoms with E-state index in [4.69, 9.17) is 14.8 Å². The number of ether oxygens (including phenoxy) is 1. The highest BCUT2D eigenvalue weighted by molar-refractivity contribution is 6.40. The van der Waals surface area contributed by atoms with Crippen LogP contribution in [0.2, 0.25) is 0 Å². The van der Waals surface area contributed by atoms with Gasteiger partial charge in [-0.15, -0.1) is 0 Å². The molecule has 0 aromatic carbocycles. The second-order valence-electron chi connectivity index (χ2n) is 4.74. The van der Waals surface area contributed by atoms with Gasteiger partial charge in [0.25, 0.3) is 0 Å². The van der Waals surface area contributed by atoms with Crippen molar-refractivity contribution in [2.24, 2.45) is 0 Å². The summed E-state index contributed by atoms with van der Waals surface area (Å²) in [6, 6.07) is 0. The van der Waals surface area contributed by atoms with Gasteiger partial charge in [0.15, 0.2) is 0 Å². The van der Waals surface area contributed by atoms with E-state index < -0.39 is 7.12 Å². The Balaban J connectivity index is 2.89. The molecule has 0 amide bonds. The largest absolute Gasteiger partial charge is 0.479 e. The van der Waals surface area contributed by atoms with Crippen molar-refractivity contribution in [1.82, 2.24) is 0 Å². The van der Waals surface area contributed by atoms with Crippen LogP contribution in [-0.4, -0.2) is 30.3 Å². The summed E-state index contributed by atoms with van der Waals surface area (Å²) in [4.78, 5) is 0. The summed E-state index contributed by atoms with van der Waals surface area (Å²) < 4.78 is 5.07. The third-order valence-corrected chi connectivity index (χ3v) is 2.91. The molecule has 0 unspecified atom stereocenters. The lowest BCUT2D eigenvalue weighted by atomic mass is 9.95. The van der Waals surface area contributed by atoms with Crippen molar-refractivity contribution in [2.45, 2.75) is 71.1 Å². The highest BCUT2D eigenvalue weighted by Gasteiger charge is 2.04. The molecular formula is C13H29BO3. The average Bonchev–Trinajstić information content (AvgIpc) is 2.30. The molecule has 102 valence electrons. The van der Waals surface area contributed by atoms with Crippen LogP contribution in [0.25, 0.3) is 0 Å². The smallest absolute Gasteiger partial charge is 0.426 e. The molecule has 0 saturated heterocycles. The summed E-state index contributed by atoms with van der Waals surface area (Å²) in [6.07, 6.45) is 13.1. The molecule has 0 aromatic heterocycles. The first kappa shape index (κ1) is 16.9. The highest BCUT2D eigenvalue weighted by Crippen LogP contribution is 2.10. The molecule has 0 aliphatic carbocycles. The van der Waals surface area contributed by atoms with Crippen molar-refractivity contribution in [3.05, 3.63) is 0 Å². The van der Waals surface area contributed by atoms with Gasteiger partial charge in [-0.2, -0.15) is 0 Å². The summed E-state index contributed by atoms with van der Waals surface area (Å²) in [5.41, 5.74) is 0. The summed E-state index contributed by atoms with van der Waals surface area (Å²) in [5, 5.41) is 17.1. The number of unbranched alkanes of at least 4 members (excludes halogenated alkanes) is 9. The number of rotatable bonds is 13. The van der Waals surface area contributed by atoms with Gasteiger partial charge in [0.2, 0.25) is 0 Å². The Hall–Kier alpha value is -0.0551. The van der Waals surface area contributed by atoms with Crippen LogP contribution in [0.15, 0.2) is 0 Å². The fraction of sp³-hybridized carbons (Fsp3) is 1.00. The van der Waals surface area contributed by atoms with Crippen LogP contribution in [-0.2, 0) is 4.74 Å². The lowest BCUT2D eigenvalue weighted by molar-refractivity contribution is 0.149. The lowest BCUT2D eigenvalue weighted by Crippen LogP contribution is -2.20. The van der Waals surface area contributed by atoms with Crippen LogP contribution in [0, 0.1) is 0 Å². The summed E-state index contributed by atoms with van der Waals surface area (Å²) in [6.45, 7) is 2.93. The van der Waals surface area contributed by atoms with Gasteiger partial charge in [-0.25, -0.2) is 0 Å². The third kappa shape index (κ3) is 15.9. The summed E-state index contributed by atoms with van der Waals surface area (Å²) in [5.74, 6) is 0. The molecule has 0 atom stereocenters. The fourth-order valence-corrected chi connectivity index (χ4v) is 1.88. The molecule has 0 spiro atoms. The second kappa shape index (κ2) is 14.0. The zero-order chi connectivity index (χ0) is 12.8. The Labute approximate surface area is 107 Å². The normalized spacial score (nSPS) is 10.8. The average molecular weight is 244 g/mol.